The van der Waals surface area contributed by atoms with E-state index in [0.29, 0.717) is 17.4 Å². The Hall–Kier alpha value is -6.37. The monoisotopic (exact) mass is 721 g/mol. The highest BCUT2D eigenvalue weighted by molar-refractivity contribution is 6.13. The van der Waals surface area contributed by atoms with Gasteiger partial charge < -0.3 is 9.13 Å². The van der Waals surface area contributed by atoms with Gasteiger partial charge in [0.2, 0.25) is 0 Å². The van der Waals surface area contributed by atoms with Gasteiger partial charge in [-0.15, -0.1) is 0 Å². The first-order chi connectivity index (χ1) is 27.7. The molecule has 270 valence electrons. The third-order valence-corrected chi connectivity index (χ3v) is 13.0. The molecule has 0 saturated heterocycles. The van der Waals surface area contributed by atoms with Crippen molar-refractivity contribution >= 4 is 43.6 Å². The average molecular weight is 722 g/mol. The Labute approximate surface area is 328 Å². The van der Waals surface area contributed by atoms with E-state index in [-0.39, 0.29) is 0 Å². The molecular formula is C53H43N3. The number of nitrogens with zero attached hydrogens (tertiary/aromatic N) is 3. The van der Waals surface area contributed by atoms with Crippen LogP contribution in [0, 0.1) is 11.3 Å². The van der Waals surface area contributed by atoms with Crippen molar-refractivity contribution in [2.24, 2.45) is 0 Å². The number of aromatic nitrogens is 2. The van der Waals surface area contributed by atoms with Gasteiger partial charge in [0.25, 0.3) is 0 Å². The number of hydrogen-bond donors (Lipinski definition) is 0. The van der Waals surface area contributed by atoms with Crippen LogP contribution in [0.15, 0.2) is 152 Å². The van der Waals surface area contributed by atoms with E-state index in [4.69, 9.17) is 0 Å². The minimum atomic E-state index is 0.638. The fraction of sp³-hybridized carbons (Fsp3) is 0.189. The summed E-state index contributed by atoms with van der Waals surface area (Å²) < 4.78 is 4.89. The molecule has 0 atom stereocenters. The van der Waals surface area contributed by atoms with Gasteiger partial charge in [-0.05, 0) is 156 Å². The molecule has 0 amide bonds. The zero-order valence-electron chi connectivity index (χ0n) is 31.6. The Balaban J connectivity index is 1.09. The topological polar surface area (TPSA) is 33.6 Å². The molecule has 0 unspecified atom stereocenters. The second-order valence-corrected chi connectivity index (χ2v) is 16.2. The predicted molar refractivity (Wildman–Crippen MR) is 233 cm³/mol. The molecule has 2 aliphatic rings. The summed E-state index contributed by atoms with van der Waals surface area (Å²) in [6.07, 6.45) is 10.5. The molecule has 2 aliphatic carbocycles. The Morgan fingerprint density at radius 2 is 0.839 bits per heavy atom. The van der Waals surface area contributed by atoms with Gasteiger partial charge in [0, 0.05) is 32.9 Å². The van der Waals surface area contributed by atoms with Gasteiger partial charge in [0.15, 0.2) is 0 Å². The lowest BCUT2D eigenvalue weighted by Gasteiger charge is -2.12. The molecule has 3 heteroatoms. The predicted octanol–water partition coefficient (Wildman–Crippen LogP) is 14.4. The molecule has 0 bridgehead atoms. The van der Waals surface area contributed by atoms with Crippen molar-refractivity contribution in [3.05, 3.63) is 168 Å². The first-order valence-corrected chi connectivity index (χ1v) is 20.5. The molecule has 3 nitrogen and oxygen atoms in total. The van der Waals surface area contributed by atoms with Gasteiger partial charge in [0.1, 0.15) is 0 Å². The van der Waals surface area contributed by atoms with Crippen molar-refractivity contribution in [3.8, 4) is 39.7 Å². The first-order valence-electron chi connectivity index (χ1n) is 20.5. The Morgan fingerprint density at radius 1 is 0.393 bits per heavy atom. The highest BCUT2D eigenvalue weighted by Crippen LogP contribution is 2.43. The summed E-state index contributed by atoms with van der Waals surface area (Å²) in [5.41, 5.74) is 15.7. The lowest BCUT2D eigenvalue weighted by atomic mass is 9.95. The van der Waals surface area contributed by atoms with Crippen molar-refractivity contribution in [1.82, 2.24) is 9.13 Å². The van der Waals surface area contributed by atoms with Crippen molar-refractivity contribution in [2.45, 2.75) is 63.2 Å². The fourth-order valence-electron chi connectivity index (χ4n) is 10.2. The van der Waals surface area contributed by atoms with Crippen LogP contribution in [0.5, 0.6) is 0 Å². The van der Waals surface area contributed by atoms with Crippen LogP contribution in [0.2, 0.25) is 0 Å². The van der Waals surface area contributed by atoms with E-state index in [0.717, 1.165) is 16.8 Å². The van der Waals surface area contributed by atoms with Gasteiger partial charge in [-0.2, -0.15) is 5.26 Å². The fourth-order valence-corrected chi connectivity index (χ4v) is 10.2. The van der Waals surface area contributed by atoms with Crippen LogP contribution < -0.4 is 0 Å². The molecule has 11 rings (SSSR count). The third kappa shape index (κ3) is 5.47. The Bertz CT molecular complexity index is 2980. The van der Waals surface area contributed by atoms with Gasteiger partial charge in [-0.25, -0.2) is 0 Å². The van der Waals surface area contributed by atoms with E-state index in [2.05, 4.69) is 143 Å². The SMILES string of the molecule is N#Cc1ccc(-c2cccc(-n3c4ccc(-c5ccc6c(c5)c5cc(C7CCCC7)ccc5n6-c5ccccc5)cc4c4cc(C5CCCC5)ccc43)c2)cc1. The van der Waals surface area contributed by atoms with Gasteiger partial charge >= 0.3 is 0 Å². The number of nitriles is 1. The Kier molecular flexibility index (Phi) is 7.92. The largest absolute Gasteiger partial charge is 0.309 e. The summed E-state index contributed by atoms with van der Waals surface area (Å²) in [4.78, 5) is 0. The van der Waals surface area contributed by atoms with Crippen molar-refractivity contribution in [3.63, 3.8) is 0 Å². The molecule has 7 aromatic carbocycles. The molecule has 0 aliphatic heterocycles. The van der Waals surface area contributed by atoms with Gasteiger partial charge in [0.05, 0.1) is 33.7 Å². The van der Waals surface area contributed by atoms with Gasteiger partial charge in [-0.3, -0.25) is 0 Å². The van der Waals surface area contributed by atoms with E-state index in [1.165, 1.54) is 123 Å². The molecule has 2 fully saturated rings. The smallest absolute Gasteiger partial charge is 0.0991 e. The molecular weight excluding hydrogens is 679 g/mol. The normalized spacial score (nSPS) is 15.1. The van der Waals surface area contributed by atoms with Crippen LogP contribution in [0.1, 0.15) is 79.9 Å². The van der Waals surface area contributed by atoms with Crippen LogP contribution in [0.25, 0.3) is 77.2 Å². The quantitative estimate of drug-likeness (QED) is 0.168. The number of rotatable bonds is 6. The van der Waals surface area contributed by atoms with Crippen LogP contribution in [0.4, 0.5) is 0 Å². The average Bonchev–Trinajstić information content (AvgIpc) is 4.10. The van der Waals surface area contributed by atoms with Crippen LogP contribution in [-0.2, 0) is 0 Å². The maximum Gasteiger partial charge on any atom is 0.0991 e. The Morgan fingerprint density at radius 3 is 1.38 bits per heavy atom. The molecule has 2 heterocycles. The molecule has 2 aromatic heterocycles. The molecule has 9 aromatic rings. The lowest BCUT2D eigenvalue weighted by Crippen LogP contribution is -1.95. The molecule has 2 saturated carbocycles. The summed E-state index contributed by atoms with van der Waals surface area (Å²) in [5.74, 6) is 1.30. The minimum Gasteiger partial charge on any atom is -0.309 e. The summed E-state index contributed by atoms with van der Waals surface area (Å²) in [6.45, 7) is 0. The first kappa shape index (κ1) is 33.0. The second kappa shape index (κ2) is 13.4. The summed E-state index contributed by atoms with van der Waals surface area (Å²) in [7, 11) is 0. The van der Waals surface area contributed by atoms with Crippen LogP contribution in [-0.4, -0.2) is 9.13 Å². The second-order valence-electron chi connectivity index (χ2n) is 16.2. The number of hydrogen-bond acceptors (Lipinski definition) is 1. The van der Waals surface area contributed by atoms with Crippen molar-refractivity contribution in [2.75, 3.05) is 0 Å². The van der Waals surface area contributed by atoms with E-state index >= 15 is 0 Å². The summed E-state index contributed by atoms with van der Waals surface area (Å²) >= 11 is 0. The molecule has 0 N–H and O–H groups in total. The van der Waals surface area contributed by atoms with E-state index in [1.807, 2.05) is 24.3 Å². The van der Waals surface area contributed by atoms with Crippen molar-refractivity contribution < 1.29 is 0 Å². The zero-order valence-corrected chi connectivity index (χ0v) is 31.6. The maximum atomic E-state index is 9.38. The van der Waals surface area contributed by atoms with E-state index < -0.39 is 0 Å². The van der Waals surface area contributed by atoms with E-state index in [1.54, 1.807) is 0 Å². The molecule has 0 radical (unpaired) electrons. The highest BCUT2D eigenvalue weighted by Gasteiger charge is 2.22. The van der Waals surface area contributed by atoms with Gasteiger partial charge in [-0.1, -0.05) is 92.4 Å². The molecule has 0 spiro atoms. The van der Waals surface area contributed by atoms with E-state index in [9.17, 15) is 5.26 Å². The zero-order chi connectivity index (χ0) is 37.2. The summed E-state index contributed by atoms with van der Waals surface area (Å²) in [6, 6.07) is 58.5. The molecule has 56 heavy (non-hydrogen) atoms. The minimum absolute atomic E-state index is 0.638. The number of para-hydroxylation sites is 1. The number of benzene rings is 7. The van der Waals surface area contributed by atoms with Crippen molar-refractivity contribution in [1.29, 1.82) is 5.26 Å². The summed E-state index contributed by atoms with van der Waals surface area (Å²) in [5, 5.41) is 14.6. The maximum absolute atomic E-state index is 9.38. The standard InChI is InChI=1S/C53H43N3/c54-34-35-17-19-38(20-18-35)39-13-8-16-45(29-39)56-52-26-22-41(37-11-6-7-12-37)31-47(52)49-33-43(24-28-53(49)56)42-23-27-51-48(32-42)46-30-40(36-9-4-5-10-36)21-25-50(46)55(51)44-14-2-1-3-15-44/h1-3,8,13-33,36-37H,4-7,9-12H2. The van der Waals surface area contributed by atoms with Crippen LogP contribution in [0.3, 0.4) is 0 Å². The third-order valence-electron chi connectivity index (χ3n) is 13.0. The van der Waals surface area contributed by atoms with Crippen LogP contribution >= 0.6 is 0 Å². The number of fused-ring (bicyclic) bond motifs is 6. The lowest BCUT2D eigenvalue weighted by molar-refractivity contribution is 0.724. The highest BCUT2D eigenvalue weighted by atomic mass is 15.0.